The van der Waals surface area contributed by atoms with Crippen LogP contribution in [0.1, 0.15) is 29.9 Å². The molecule has 1 heterocycles. The highest BCUT2D eigenvalue weighted by Crippen LogP contribution is 2.06. The molecule has 2 N–H and O–H groups in total. The minimum absolute atomic E-state index is 0. The number of nitrogens with zero attached hydrogens (tertiary/aromatic N) is 2. The zero-order valence-corrected chi connectivity index (χ0v) is 11.3. The van der Waals surface area contributed by atoms with Crippen LogP contribution in [-0.4, -0.2) is 29.4 Å². The number of pyridine rings is 1. The van der Waals surface area contributed by atoms with E-state index in [1.165, 1.54) is 0 Å². The second-order valence-electron chi connectivity index (χ2n) is 4.32. The fourth-order valence-electron chi connectivity index (χ4n) is 1.57. The molecule has 1 amide bonds. The summed E-state index contributed by atoms with van der Waals surface area (Å²) in [6, 6.07) is 3.47. The van der Waals surface area contributed by atoms with Crippen molar-refractivity contribution in [3.05, 3.63) is 29.6 Å². The average molecular weight is 258 g/mol. The molecule has 0 spiro atoms. The lowest BCUT2D eigenvalue weighted by molar-refractivity contribution is 0.0779. The van der Waals surface area contributed by atoms with E-state index >= 15 is 0 Å². The smallest absolute Gasteiger partial charge is 0.253 e. The van der Waals surface area contributed by atoms with Gasteiger partial charge < -0.3 is 10.6 Å². The third-order valence-corrected chi connectivity index (χ3v) is 2.26. The van der Waals surface area contributed by atoms with E-state index in [4.69, 9.17) is 5.73 Å². The van der Waals surface area contributed by atoms with E-state index in [1.807, 2.05) is 7.05 Å². The number of aromatic nitrogens is 1. The third kappa shape index (κ3) is 4.71. The van der Waals surface area contributed by atoms with Crippen LogP contribution in [0.2, 0.25) is 0 Å². The van der Waals surface area contributed by atoms with Crippen molar-refractivity contribution in [3.63, 3.8) is 0 Å². The molecule has 0 aliphatic heterocycles. The Morgan fingerprint density at radius 2 is 2.18 bits per heavy atom. The van der Waals surface area contributed by atoms with Gasteiger partial charge in [-0.2, -0.15) is 0 Å². The monoisotopic (exact) mass is 257 g/mol. The molecule has 96 valence electrons. The number of nitrogens with two attached hydrogens (primary N) is 1. The Labute approximate surface area is 109 Å². The van der Waals surface area contributed by atoms with Crippen LogP contribution in [-0.2, 0) is 6.54 Å². The van der Waals surface area contributed by atoms with E-state index in [9.17, 15) is 4.79 Å². The topological polar surface area (TPSA) is 59.2 Å². The summed E-state index contributed by atoms with van der Waals surface area (Å²) in [5.41, 5.74) is 6.88. The van der Waals surface area contributed by atoms with Gasteiger partial charge >= 0.3 is 0 Å². The van der Waals surface area contributed by atoms with Gasteiger partial charge in [-0.3, -0.25) is 9.78 Å². The highest BCUT2D eigenvalue weighted by Gasteiger charge is 2.12. The second-order valence-corrected chi connectivity index (χ2v) is 4.32. The average Bonchev–Trinajstić information content (AvgIpc) is 2.27. The lowest BCUT2D eigenvalue weighted by Crippen LogP contribution is -2.30. The Balaban J connectivity index is 0.00000256. The maximum absolute atomic E-state index is 12.0. The number of hydrogen-bond donors (Lipinski definition) is 1. The summed E-state index contributed by atoms with van der Waals surface area (Å²) < 4.78 is 0. The first kappa shape index (κ1) is 15.9. The molecule has 0 aliphatic carbocycles. The maximum atomic E-state index is 12.0. The van der Waals surface area contributed by atoms with Crippen LogP contribution in [0.5, 0.6) is 0 Å². The van der Waals surface area contributed by atoms with Gasteiger partial charge in [-0.1, -0.05) is 13.8 Å². The fourth-order valence-corrected chi connectivity index (χ4v) is 1.57. The third-order valence-electron chi connectivity index (χ3n) is 2.26. The number of amides is 1. The van der Waals surface area contributed by atoms with Crippen molar-refractivity contribution in [2.24, 2.45) is 11.7 Å². The van der Waals surface area contributed by atoms with E-state index in [1.54, 1.807) is 23.2 Å². The molecular weight excluding hydrogens is 238 g/mol. The zero-order chi connectivity index (χ0) is 12.1. The van der Waals surface area contributed by atoms with Crippen LogP contribution in [0, 0.1) is 5.92 Å². The molecule has 4 nitrogen and oxygen atoms in total. The molecular formula is C12H20ClN3O. The zero-order valence-electron chi connectivity index (χ0n) is 10.5. The molecule has 0 fully saturated rings. The molecule has 0 aliphatic rings. The van der Waals surface area contributed by atoms with Gasteiger partial charge in [0, 0.05) is 31.9 Å². The molecule has 1 rings (SSSR count). The largest absolute Gasteiger partial charge is 0.341 e. The van der Waals surface area contributed by atoms with Crippen LogP contribution >= 0.6 is 12.4 Å². The van der Waals surface area contributed by atoms with Crippen molar-refractivity contribution < 1.29 is 4.79 Å². The normalized spacial score (nSPS) is 9.94. The quantitative estimate of drug-likeness (QED) is 0.893. The van der Waals surface area contributed by atoms with E-state index < -0.39 is 0 Å². The van der Waals surface area contributed by atoms with Gasteiger partial charge in [0.25, 0.3) is 5.91 Å². The number of carbonyl (C=O) groups excluding carboxylic acids is 1. The second kappa shape index (κ2) is 7.25. The van der Waals surface area contributed by atoms with Gasteiger partial charge in [0.1, 0.15) is 0 Å². The molecule has 0 aromatic carbocycles. The van der Waals surface area contributed by atoms with Crippen molar-refractivity contribution in [2.75, 3.05) is 13.6 Å². The van der Waals surface area contributed by atoms with Gasteiger partial charge in [-0.25, -0.2) is 0 Å². The molecule has 0 unspecified atom stereocenters. The van der Waals surface area contributed by atoms with Crippen LogP contribution in [0.3, 0.4) is 0 Å². The molecule has 17 heavy (non-hydrogen) atoms. The highest BCUT2D eigenvalue weighted by atomic mass is 35.5. The van der Waals surface area contributed by atoms with Gasteiger partial charge in [0.05, 0.1) is 5.69 Å². The Bertz CT molecular complexity index is 369. The summed E-state index contributed by atoms with van der Waals surface area (Å²) in [7, 11) is 1.81. The van der Waals surface area contributed by atoms with Crippen LogP contribution in [0.4, 0.5) is 0 Å². The Hall–Kier alpha value is -1.13. The summed E-state index contributed by atoms with van der Waals surface area (Å²) >= 11 is 0. The van der Waals surface area contributed by atoms with E-state index in [0.29, 0.717) is 18.0 Å². The molecule has 1 aromatic heterocycles. The number of carbonyl (C=O) groups is 1. The van der Waals surface area contributed by atoms with E-state index in [-0.39, 0.29) is 18.3 Å². The summed E-state index contributed by atoms with van der Waals surface area (Å²) in [6.07, 6.45) is 1.62. The van der Waals surface area contributed by atoms with Crippen molar-refractivity contribution in [1.82, 2.24) is 9.88 Å². The van der Waals surface area contributed by atoms with Crippen LogP contribution in [0.15, 0.2) is 18.3 Å². The molecule has 0 saturated carbocycles. The first-order chi connectivity index (χ1) is 7.54. The van der Waals surface area contributed by atoms with Gasteiger partial charge in [0.2, 0.25) is 0 Å². The summed E-state index contributed by atoms with van der Waals surface area (Å²) in [5.74, 6) is 0.482. The predicted molar refractivity (Wildman–Crippen MR) is 71.2 cm³/mol. The fraction of sp³-hybridized carbons (Fsp3) is 0.500. The SMILES string of the molecule is CC(C)CN(C)C(=O)c1ccnc(CN)c1.Cl. The highest BCUT2D eigenvalue weighted by molar-refractivity contribution is 5.94. The summed E-state index contributed by atoms with van der Waals surface area (Å²) in [5, 5.41) is 0. The maximum Gasteiger partial charge on any atom is 0.253 e. The Kier molecular flexibility index (Phi) is 6.76. The molecule has 1 aromatic rings. The molecule has 5 heteroatoms. The van der Waals surface area contributed by atoms with Crippen molar-refractivity contribution in [1.29, 1.82) is 0 Å². The summed E-state index contributed by atoms with van der Waals surface area (Å²) in [6.45, 7) is 5.28. The van der Waals surface area contributed by atoms with Gasteiger partial charge in [0.15, 0.2) is 0 Å². The predicted octanol–water partition coefficient (Wildman–Crippen LogP) is 1.69. The molecule has 0 bridgehead atoms. The van der Waals surface area contributed by atoms with E-state index in [0.717, 1.165) is 12.2 Å². The van der Waals surface area contributed by atoms with Gasteiger partial charge in [-0.05, 0) is 18.1 Å². The number of rotatable bonds is 4. The summed E-state index contributed by atoms with van der Waals surface area (Å²) in [4.78, 5) is 17.8. The Morgan fingerprint density at radius 3 is 2.71 bits per heavy atom. The lowest BCUT2D eigenvalue weighted by atomic mass is 10.1. The van der Waals surface area contributed by atoms with E-state index in [2.05, 4.69) is 18.8 Å². The minimum atomic E-state index is 0. The number of halogens is 1. The van der Waals surface area contributed by atoms with Crippen LogP contribution < -0.4 is 5.73 Å². The molecule has 0 saturated heterocycles. The first-order valence-corrected chi connectivity index (χ1v) is 5.45. The lowest BCUT2D eigenvalue weighted by Gasteiger charge is -2.19. The molecule has 0 radical (unpaired) electrons. The van der Waals surface area contributed by atoms with Crippen molar-refractivity contribution >= 4 is 18.3 Å². The minimum Gasteiger partial charge on any atom is -0.341 e. The van der Waals surface area contributed by atoms with Crippen molar-refractivity contribution in [2.45, 2.75) is 20.4 Å². The number of hydrogen-bond acceptors (Lipinski definition) is 3. The van der Waals surface area contributed by atoms with Crippen LogP contribution in [0.25, 0.3) is 0 Å². The standard InChI is InChI=1S/C12H19N3O.ClH/c1-9(2)8-15(3)12(16)10-4-5-14-11(6-10)7-13;/h4-6,9H,7-8,13H2,1-3H3;1H. The van der Waals surface area contributed by atoms with Gasteiger partial charge in [-0.15, -0.1) is 12.4 Å². The Morgan fingerprint density at radius 1 is 1.53 bits per heavy atom. The van der Waals surface area contributed by atoms with Crippen molar-refractivity contribution in [3.8, 4) is 0 Å². The molecule has 0 atom stereocenters. The first-order valence-electron chi connectivity index (χ1n) is 5.45.